The molecule has 2 aromatic rings. The van der Waals surface area contributed by atoms with Gasteiger partial charge in [-0.2, -0.15) is 0 Å². The first-order valence-corrected chi connectivity index (χ1v) is 7.65. The van der Waals surface area contributed by atoms with E-state index in [1.54, 1.807) is 6.92 Å². The first kappa shape index (κ1) is 15.8. The van der Waals surface area contributed by atoms with E-state index in [4.69, 9.17) is 4.74 Å². The number of H-pyrrole nitrogens is 1. The Kier molecular flexibility index (Phi) is 4.52. The molecule has 0 saturated carbocycles. The molecule has 112 valence electrons. The largest absolute Gasteiger partial charge is 0.461 e. The normalized spacial score (nSPS) is 11.5. The molecule has 0 aliphatic rings. The summed E-state index contributed by atoms with van der Waals surface area (Å²) in [4.78, 5) is 19.8. The third kappa shape index (κ3) is 3.53. The fourth-order valence-corrected chi connectivity index (χ4v) is 2.43. The molecule has 1 aromatic carbocycles. The van der Waals surface area contributed by atoms with E-state index in [1.807, 2.05) is 45.0 Å². The van der Waals surface area contributed by atoms with E-state index in [0.29, 0.717) is 18.1 Å². The molecule has 0 unspecified atom stereocenters. The molecule has 0 radical (unpaired) electrons. The van der Waals surface area contributed by atoms with Gasteiger partial charge in [-0.25, -0.2) is 9.78 Å². The third-order valence-corrected chi connectivity index (χ3v) is 3.51. The molecule has 1 N–H and O–H groups in total. The van der Waals surface area contributed by atoms with Gasteiger partial charge in [-0.05, 0) is 19.1 Å². The number of halogens is 1. The average molecular weight is 351 g/mol. The molecule has 0 bridgehead atoms. The van der Waals surface area contributed by atoms with Crippen LogP contribution in [0.5, 0.6) is 0 Å². The molecule has 5 heteroatoms. The van der Waals surface area contributed by atoms with Gasteiger partial charge in [0.05, 0.1) is 12.3 Å². The van der Waals surface area contributed by atoms with Crippen LogP contribution in [0.4, 0.5) is 0 Å². The Bertz CT molecular complexity index is 657. The van der Waals surface area contributed by atoms with Crippen molar-refractivity contribution in [2.45, 2.75) is 33.1 Å². The van der Waals surface area contributed by atoms with Gasteiger partial charge < -0.3 is 9.72 Å². The number of imidazole rings is 1. The zero-order valence-corrected chi connectivity index (χ0v) is 14.2. The number of nitrogens with one attached hydrogen (secondary N) is 1. The van der Waals surface area contributed by atoms with Gasteiger partial charge in [0.1, 0.15) is 5.82 Å². The van der Waals surface area contributed by atoms with Crippen LogP contribution in [0.2, 0.25) is 0 Å². The Morgan fingerprint density at radius 2 is 2.10 bits per heavy atom. The molecule has 1 heterocycles. The summed E-state index contributed by atoms with van der Waals surface area (Å²) >= 11 is 3.44. The Hall–Kier alpha value is -1.62. The van der Waals surface area contributed by atoms with Crippen molar-refractivity contribution in [1.82, 2.24) is 9.97 Å². The summed E-state index contributed by atoms with van der Waals surface area (Å²) in [6, 6.07) is 7.79. The van der Waals surface area contributed by atoms with E-state index >= 15 is 0 Å². The fraction of sp³-hybridized carbons (Fsp3) is 0.375. The molecule has 0 atom stereocenters. The van der Waals surface area contributed by atoms with Crippen LogP contribution in [0.15, 0.2) is 28.7 Å². The number of nitrogens with zero attached hydrogens (tertiary/aromatic N) is 1. The number of aromatic amines is 1. The highest BCUT2D eigenvalue weighted by atomic mass is 79.9. The summed E-state index contributed by atoms with van der Waals surface area (Å²) in [5.41, 5.74) is 1.85. The van der Waals surface area contributed by atoms with Crippen molar-refractivity contribution in [3.05, 3.63) is 40.1 Å². The van der Waals surface area contributed by atoms with Crippen LogP contribution in [-0.4, -0.2) is 22.5 Å². The number of carbonyl (C=O) groups is 1. The SMILES string of the molecule is CCOC(=O)c1nc(-c2cccc(Br)c2)[nH]c1C(C)(C)C. The Balaban J connectivity index is 2.53. The predicted octanol–water partition coefficient (Wildman–Crippen LogP) is 4.31. The number of benzene rings is 1. The average Bonchev–Trinajstić information content (AvgIpc) is 2.84. The standard InChI is InChI=1S/C16H19BrN2O2/c1-5-21-15(20)12-13(16(2,3)4)19-14(18-12)10-7-6-8-11(17)9-10/h6-9H,5H2,1-4H3,(H,18,19). The summed E-state index contributed by atoms with van der Waals surface area (Å²) < 4.78 is 6.07. The summed E-state index contributed by atoms with van der Waals surface area (Å²) in [6.45, 7) is 8.23. The minimum atomic E-state index is -0.389. The lowest BCUT2D eigenvalue weighted by Crippen LogP contribution is -2.18. The predicted molar refractivity (Wildman–Crippen MR) is 86.4 cm³/mol. The molecule has 1 aromatic heterocycles. The highest BCUT2D eigenvalue weighted by Crippen LogP contribution is 2.29. The van der Waals surface area contributed by atoms with Gasteiger partial charge >= 0.3 is 5.97 Å². The van der Waals surface area contributed by atoms with Crippen molar-refractivity contribution in [1.29, 1.82) is 0 Å². The topological polar surface area (TPSA) is 55.0 Å². The number of rotatable bonds is 3. The number of ether oxygens (including phenoxy) is 1. The van der Waals surface area contributed by atoms with Gasteiger partial charge in [-0.15, -0.1) is 0 Å². The first-order chi connectivity index (χ1) is 9.82. The minimum Gasteiger partial charge on any atom is -0.461 e. The lowest BCUT2D eigenvalue weighted by Gasteiger charge is -2.17. The number of carbonyl (C=O) groups excluding carboxylic acids is 1. The molecule has 4 nitrogen and oxygen atoms in total. The molecule has 0 aliphatic carbocycles. The monoisotopic (exact) mass is 350 g/mol. The second kappa shape index (κ2) is 6.02. The van der Waals surface area contributed by atoms with Gasteiger partial charge in [0.15, 0.2) is 5.69 Å². The highest BCUT2D eigenvalue weighted by Gasteiger charge is 2.27. The minimum absolute atomic E-state index is 0.223. The van der Waals surface area contributed by atoms with Gasteiger partial charge in [-0.1, -0.05) is 48.8 Å². The molecule has 0 amide bonds. The third-order valence-electron chi connectivity index (χ3n) is 3.02. The molecule has 0 spiro atoms. The lowest BCUT2D eigenvalue weighted by atomic mass is 9.91. The number of esters is 1. The van der Waals surface area contributed by atoms with Crippen molar-refractivity contribution < 1.29 is 9.53 Å². The molecule has 0 aliphatic heterocycles. The summed E-state index contributed by atoms with van der Waals surface area (Å²) in [5.74, 6) is 0.282. The van der Waals surface area contributed by atoms with Crippen molar-refractivity contribution in [2.75, 3.05) is 6.61 Å². The lowest BCUT2D eigenvalue weighted by molar-refractivity contribution is 0.0517. The maximum atomic E-state index is 12.1. The van der Waals surface area contributed by atoms with E-state index in [-0.39, 0.29) is 11.4 Å². The van der Waals surface area contributed by atoms with E-state index < -0.39 is 0 Å². The Morgan fingerprint density at radius 3 is 2.67 bits per heavy atom. The van der Waals surface area contributed by atoms with E-state index in [2.05, 4.69) is 25.9 Å². The van der Waals surface area contributed by atoms with Crippen LogP contribution in [0.1, 0.15) is 43.9 Å². The van der Waals surface area contributed by atoms with E-state index in [9.17, 15) is 4.79 Å². The number of aromatic nitrogens is 2. The maximum Gasteiger partial charge on any atom is 0.358 e. The molecule has 2 rings (SSSR count). The summed E-state index contributed by atoms with van der Waals surface area (Å²) in [5, 5.41) is 0. The van der Waals surface area contributed by atoms with Gasteiger partial charge in [0.25, 0.3) is 0 Å². The van der Waals surface area contributed by atoms with Crippen LogP contribution in [0, 0.1) is 0 Å². The molecular weight excluding hydrogens is 332 g/mol. The summed E-state index contributed by atoms with van der Waals surface area (Å²) in [7, 11) is 0. The van der Waals surface area contributed by atoms with Crippen LogP contribution in [-0.2, 0) is 10.2 Å². The van der Waals surface area contributed by atoms with Crippen molar-refractivity contribution in [2.24, 2.45) is 0 Å². The molecule has 21 heavy (non-hydrogen) atoms. The number of hydrogen-bond acceptors (Lipinski definition) is 3. The van der Waals surface area contributed by atoms with Gasteiger partial charge in [0, 0.05) is 15.5 Å². The van der Waals surface area contributed by atoms with E-state index in [1.165, 1.54) is 0 Å². The smallest absolute Gasteiger partial charge is 0.358 e. The van der Waals surface area contributed by atoms with Crippen molar-refractivity contribution in [3.8, 4) is 11.4 Å². The van der Waals surface area contributed by atoms with Crippen molar-refractivity contribution in [3.63, 3.8) is 0 Å². The van der Waals surface area contributed by atoms with Crippen LogP contribution in [0.3, 0.4) is 0 Å². The van der Waals surface area contributed by atoms with Crippen LogP contribution >= 0.6 is 15.9 Å². The highest BCUT2D eigenvalue weighted by molar-refractivity contribution is 9.10. The van der Waals surface area contributed by atoms with Crippen molar-refractivity contribution >= 4 is 21.9 Å². The Labute approximate surface area is 133 Å². The second-order valence-electron chi connectivity index (χ2n) is 5.79. The zero-order valence-electron chi connectivity index (χ0n) is 12.7. The Morgan fingerprint density at radius 1 is 1.38 bits per heavy atom. The zero-order chi connectivity index (χ0) is 15.6. The van der Waals surface area contributed by atoms with Crippen LogP contribution < -0.4 is 0 Å². The van der Waals surface area contributed by atoms with E-state index in [0.717, 1.165) is 15.7 Å². The number of hydrogen-bond donors (Lipinski definition) is 1. The maximum absolute atomic E-state index is 12.1. The summed E-state index contributed by atoms with van der Waals surface area (Å²) in [6.07, 6.45) is 0. The molecular formula is C16H19BrN2O2. The fourth-order valence-electron chi connectivity index (χ4n) is 2.04. The first-order valence-electron chi connectivity index (χ1n) is 6.86. The van der Waals surface area contributed by atoms with Gasteiger partial charge in [0.2, 0.25) is 0 Å². The second-order valence-corrected chi connectivity index (χ2v) is 6.71. The van der Waals surface area contributed by atoms with Gasteiger partial charge in [-0.3, -0.25) is 0 Å². The molecule has 0 saturated heterocycles. The quantitative estimate of drug-likeness (QED) is 0.839. The van der Waals surface area contributed by atoms with Crippen LogP contribution in [0.25, 0.3) is 11.4 Å². The molecule has 0 fully saturated rings.